The van der Waals surface area contributed by atoms with Crippen LogP contribution in [0.4, 0.5) is 0 Å². The molecule has 3 nitrogen and oxygen atoms in total. The van der Waals surface area contributed by atoms with Gasteiger partial charge in [-0.05, 0) is 48.5 Å². The van der Waals surface area contributed by atoms with Crippen LogP contribution < -0.4 is 5.32 Å². The average molecular weight is 320 g/mol. The number of nitrogens with one attached hydrogen (secondary N) is 1. The van der Waals surface area contributed by atoms with Crippen molar-refractivity contribution in [3.63, 3.8) is 0 Å². The van der Waals surface area contributed by atoms with Gasteiger partial charge in [0.25, 0.3) is 0 Å². The minimum Gasteiger partial charge on any atom is -0.356 e. The summed E-state index contributed by atoms with van der Waals surface area (Å²) in [5, 5.41) is 5.78. The van der Waals surface area contributed by atoms with Gasteiger partial charge >= 0.3 is 0 Å². The van der Waals surface area contributed by atoms with Crippen LogP contribution in [0, 0.1) is 17.8 Å². The summed E-state index contributed by atoms with van der Waals surface area (Å²) in [7, 11) is 1.92. The van der Waals surface area contributed by atoms with E-state index in [1.54, 1.807) is 0 Å². The van der Waals surface area contributed by atoms with Gasteiger partial charge in [-0.3, -0.25) is 4.99 Å². The number of guanidine groups is 1. The second-order valence-corrected chi connectivity index (χ2v) is 8.06. The summed E-state index contributed by atoms with van der Waals surface area (Å²) >= 11 is 1.86. The summed E-state index contributed by atoms with van der Waals surface area (Å²) in [6.07, 6.45) is 6.87. The first kappa shape index (κ1) is 15.9. The normalized spacial score (nSPS) is 26.8. The highest BCUT2D eigenvalue weighted by Crippen LogP contribution is 2.35. The third kappa shape index (κ3) is 3.83. The summed E-state index contributed by atoms with van der Waals surface area (Å²) in [6.45, 7) is 5.76. The molecule has 0 radical (unpaired) electrons. The van der Waals surface area contributed by atoms with E-state index in [2.05, 4.69) is 39.6 Å². The first-order chi connectivity index (χ1) is 10.8. The van der Waals surface area contributed by atoms with Crippen molar-refractivity contribution in [1.82, 2.24) is 10.2 Å². The Morgan fingerprint density at radius 3 is 2.68 bits per heavy atom. The van der Waals surface area contributed by atoms with Crippen LogP contribution in [0.1, 0.15) is 37.5 Å². The van der Waals surface area contributed by atoms with E-state index < -0.39 is 0 Å². The van der Waals surface area contributed by atoms with Crippen LogP contribution in [-0.2, 0) is 6.42 Å². The number of aliphatic imine (C=N–C) groups is 1. The quantitative estimate of drug-likeness (QED) is 0.678. The van der Waals surface area contributed by atoms with E-state index in [1.165, 1.54) is 43.6 Å². The molecule has 3 unspecified atom stereocenters. The zero-order chi connectivity index (χ0) is 15.4. The van der Waals surface area contributed by atoms with E-state index in [-0.39, 0.29) is 0 Å². The summed E-state index contributed by atoms with van der Waals surface area (Å²) in [5.74, 6) is 3.58. The SMILES string of the molecule is CN=C(NCC(C)Cc1cccs1)N1CC2CCCCC2C1. The summed E-state index contributed by atoms with van der Waals surface area (Å²) in [6, 6.07) is 4.38. The number of nitrogens with zero attached hydrogens (tertiary/aromatic N) is 2. The summed E-state index contributed by atoms with van der Waals surface area (Å²) in [4.78, 5) is 8.51. The number of fused-ring (bicyclic) bond motifs is 1. The minimum absolute atomic E-state index is 0.639. The molecule has 22 heavy (non-hydrogen) atoms. The number of rotatable bonds is 4. The van der Waals surface area contributed by atoms with Gasteiger partial charge in [-0.2, -0.15) is 0 Å². The van der Waals surface area contributed by atoms with Gasteiger partial charge in [0.05, 0.1) is 0 Å². The van der Waals surface area contributed by atoms with Crippen molar-refractivity contribution >= 4 is 17.3 Å². The molecule has 1 aliphatic carbocycles. The molecular weight excluding hydrogens is 290 g/mol. The summed E-state index contributed by atoms with van der Waals surface area (Å²) < 4.78 is 0. The fourth-order valence-corrected chi connectivity index (χ4v) is 4.89. The predicted molar refractivity (Wildman–Crippen MR) is 95.6 cm³/mol. The van der Waals surface area contributed by atoms with Gasteiger partial charge in [0.15, 0.2) is 5.96 Å². The first-order valence-electron chi connectivity index (χ1n) is 8.74. The predicted octanol–water partition coefficient (Wildman–Crippen LogP) is 3.62. The number of hydrogen-bond acceptors (Lipinski definition) is 2. The molecule has 1 aromatic heterocycles. The van der Waals surface area contributed by atoms with Gasteiger partial charge < -0.3 is 10.2 Å². The van der Waals surface area contributed by atoms with E-state index in [4.69, 9.17) is 0 Å². The molecule has 1 saturated heterocycles. The Morgan fingerprint density at radius 1 is 1.36 bits per heavy atom. The van der Waals surface area contributed by atoms with Crippen LogP contribution in [0.5, 0.6) is 0 Å². The molecular formula is C18H29N3S. The molecule has 0 spiro atoms. The molecule has 4 heteroatoms. The van der Waals surface area contributed by atoms with Gasteiger partial charge in [-0.1, -0.05) is 25.8 Å². The molecule has 0 aromatic carbocycles. The Hall–Kier alpha value is -1.03. The average Bonchev–Trinajstić information content (AvgIpc) is 3.16. The summed E-state index contributed by atoms with van der Waals surface area (Å²) in [5.41, 5.74) is 0. The molecule has 1 aliphatic heterocycles. The fraction of sp³-hybridized carbons (Fsp3) is 0.722. The first-order valence-corrected chi connectivity index (χ1v) is 9.62. The van der Waals surface area contributed by atoms with Crippen molar-refractivity contribution in [2.24, 2.45) is 22.7 Å². The van der Waals surface area contributed by atoms with Crippen molar-refractivity contribution in [2.75, 3.05) is 26.7 Å². The van der Waals surface area contributed by atoms with Crippen molar-refractivity contribution in [3.8, 4) is 0 Å². The Balaban J connectivity index is 1.48. The van der Waals surface area contributed by atoms with Crippen molar-refractivity contribution < 1.29 is 0 Å². The number of likely N-dealkylation sites (tertiary alicyclic amines) is 1. The maximum atomic E-state index is 4.53. The largest absolute Gasteiger partial charge is 0.356 e. The zero-order valence-corrected chi connectivity index (χ0v) is 14.7. The maximum absolute atomic E-state index is 4.53. The Labute approximate surface area is 138 Å². The molecule has 3 rings (SSSR count). The maximum Gasteiger partial charge on any atom is 0.193 e. The van der Waals surface area contributed by atoms with Crippen LogP contribution in [0.25, 0.3) is 0 Å². The third-order valence-corrected chi connectivity index (χ3v) is 6.12. The molecule has 1 N–H and O–H groups in total. The highest BCUT2D eigenvalue weighted by Gasteiger charge is 2.35. The van der Waals surface area contributed by atoms with E-state index in [9.17, 15) is 0 Å². The van der Waals surface area contributed by atoms with Crippen molar-refractivity contribution in [2.45, 2.75) is 39.0 Å². The molecule has 1 saturated carbocycles. The topological polar surface area (TPSA) is 27.6 Å². The van der Waals surface area contributed by atoms with Gasteiger partial charge in [0.1, 0.15) is 0 Å². The lowest BCUT2D eigenvalue weighted by molar-refractivity contribution is 0.299. The Kier molecular flexibility index (Phi) is 5.40. The van der Waals surface area contributed by atoms with Gasteiger partial charge in [0, 0.05) is 31.6 Å². The van der Waals surface area contributed by atoms with Crippen LogP contribution >= 0.6 is 11.3 Å². The molecule has 0 amide bonds. The third-order valence-electron chi connectivity index (χ3n) is 5.23. The van der Waals surface area contributed by atoms with Crippen LogP contribution in [0.3, 0.4) is 0 Å². The molecule has 3 atom stereocenters. The zero-order valence-electron chi connectivity index (χ0n) is 13.9. The van der Waals surface area contributed by atoms with E-state index in [1.807, 2.05) is 18.4 Å². The fourth-order valence-electron chi connectivity index (χ4n) is 4.02. The smallest absolute Gasteiger partial charge is 0.193 e. The lowest BCUT2D eigenvalue weighted by atomic mass is 9.82. The van der Waals surface area contributed by atoms with Crippen molar-refractivity contribution in [3.05, 3.63) is 22.4 Å². The minimum atomic E-state index is 0.639. The molecule has 2 fully saturated rings. The van der Waals surface area contributed by atoms with Crippen LogP contribution in [0.15, 0.2) is 22.5 Å². The highest BCUT2D eigenvalue weighted by atomic mass is 32.1. The standard InChI is InChI=1S/C18H29N3S/c1-14(10-17-8-5-9-22-17)11-20-18(19-2)21-12-15-6-3-4-7-16(15)13-21/h5,8-9,14-16H,3-4,6-7,10-13H2,1-2H3,(H,19,20). The van der Waals surface area contributed by atoms with Crippen LogP contribution in [-0.4, -0.2) is 37.5 Å². The second kappa shape index (κ2) is 7.49. The molecule has 1 aromatic rings. The molecule has 122 valence electrons. The monoisotopic (exact) mass is 319 g/mol. The van der Waals surface area contributed by atoms with E-state index in [0.29, 0.717) is 5.92 Å². The molecule has 2 aliphatic rings. The Bertz CT molecular complexity index is 469. The van der Waals surface area contributed by atoms with E-state index >= 15 is 0 Å². The lowest BCUT2D eigenvalue weighted by Gasteiger charge is -2.23. The van der Waals surface area contributed by atoms with Gasteiger partial charge in [0.2, 0.25) is 0 Å². The van der Waals surface area contributed by atoms with Crippen molar-refractivity contribution in [1.29, 1.82) is 0 Å². The molecule has 0 bridgehead atoms. The van der Waals surface area contributed by atoms with Gasteiger partial charge in [-0.15, -0.1) is 11.3 Å². The Morgan fingerprint density at radius 2 is 2.09 bits per heavy atom. The highest BCUT2D eigenvalue weighted by molar-refractivity contribution is 7.09. The number of hydrogen-bond donors (Lipinski definition) is 1. The van der Waals surface area contributed by atoms with Crippen LogP contribution in [0.2, 0.25) is 0 Å². The number of thiophene rings is 1. The lowest BCUT2D eigenvalue weighted by Crippen LogP contribution is -2.42. The van der Waals surface area contributed by atoms with E-state index in [0.717, 1.165) is 30.8 Å². The molecule has 2 heterocycles. The van der Waals surface area contributed by atoms with Gasteiger partial charge in [-0.25, -0.2) is 0 Å². The second-order valence-electron chi connectivity index (χ2n) is 7.03.